The van der Waals surface area contributed by atoms with Crippen LogP contribution in [-0.4, -0.2) is 40.0 Å². The maximum absolute atomic E-state index is 14.0. The van der Waals surface area contributed by atoms with Crippen LogP contribution >= 0.6 is 0 Å². The zero-order chi connectivity index (χ0) is 20.2. The van der Waals surface area contributed by atoms with Crippen molar-refractivity contribution in [1.82, 2.24) is 20.4 Å². The van der Waals surface area contributed by atoms with Crippen molar-refractivity contribution in [3.05, 3.63) is 88.5 Å². The van der Waals surface area contributed by atoms with Crippen LogP contribution in [0.15, 0.2) is 54.6 Å². The number of fused-ring (bicyclic) bond motifs is 1. The number of nitrogens with one attached hydrogen (secondary N) is 2. The lowest BCUT2D eigenvalue weighted by Crippen LogP contribution is -2.37. The third kappa shape index (κ3) is 4.03. The minimum atomic E-state index is -0.547. The molecule has 0 bridgehead atoms. The molecule has 0 fully saturated rings. The number of aromatic nitrogens is 2. The average Bonchev–Trinajstić information content (AvgIpc) is 3.17. The predicted octanol–water partition coefficient (Wildman–Crippen LogP) is 2.72. The number of hydrogen-bond donors (Lipinski definition) is 2. The summed E-state index contributed by atoms with van der Waals surface area (Å²) in [6, 6.07) is 15.8. The van der Waals surface area contributed by atoms with Gasteiger partial charge >= 0.3 is 0 Å². The first-order valence-corrected chi connectivity index (χ1v) is 9.55. The first-order valence-electron chi connectivity index (χ1n) is 9.55. The standard InChI is InChI=1S/C22H21FN4O2/c23-18-9-5-4-8-16(18)22(29)27-13-11-19-17(14-27)20(26-25-19)21(28)24-12-10-15-6-2-1-3-7-15/h1-9H,10-14H2,(H,24,28)(H,25,26). The summed E-state index contributed by atoms with van der Waals surface area (Å²) in [5.74, 6) is -1.21. The molecule has 0 radical (unpaired) electrons. The number of carbonyl (C=O) groups excluding carboxylic acids is 2. The zero-order valence-corrected chi connectivity index (χ0v) is 15.8. The molecule has 6 nitrogen and oxygen atoms in total. The molecule has 4 rings (SSSR count). The number of amides is 2. The number of nitrogens with zero attached hydrogens (tertiary/aromatic N) is 2. The Morgan fingerprint density at radius 3 is 2.66 bits per heavy atom. The normalized spacial score (nSPS) is 13.1. The minimum Gasteiger partial charge on any atom is -0.350 e. The van der Waals surface area contributed by atoms with Gasteiger partial charge in [0, 0.05) is 30.8 Å². The molecule has 3 aromatic rings. The molecule has 0 atom stereocenters. The van der Waals surface area contributed by atoms with E-state index in [2.05, 4.69) is 15.5 Å². The van der Waals surface area contributed by atoms with Crippen molar-refractivity contribution < 1.29 is 14.0 Å². The average molecular weight is 392 g/mol. The molecule has 1 aromatic heterocycles. The molecule has 0 unspecified atom stereocenters. The van der Waals surface area contributed by atoms with Gasteiger partial charge < -0.3 is 10.2 Å². The first kappa shape index (κ1) is 18.9. The van der Waals surface area contributed by atoms with E-state index in [9.17, 15) is 14.0 Å². The van der Waals surface area contributed by atoms with Crippen LogP contribution in [-0.2, 0) is 19.4 Å². The maximum atomic E-state index is 14.0. The van der Waals surface area contributed by atoms with E-state index in [0.29, 0.717) is 30.8 Å². The second kappa shape index (κ2) is 8.26. The monoisotopic (exact) mass is 392 g/mol. The number of rotatable bonds is 5. The van der Waals surface area contributed by atoms with Gasteiger partial charge in [0.1, 0.15) is 5.82 Å². The molecule has 29 heavy (non-hydrogen) atoms. The number of H-pyrrole nitrogens is 1. The lowest BCUT2D eigenvalue weighted by Gasteiger charge is -2.27. The zero-order valence-electron chi connectivity index (χ0n) is 15.8. The molecule has 1 aliphatic heterocycles. The van der Waals surface area contributed by atoms with Crippen LogP contribution in [0.4, 0.5) is 4.39 Å². The summed E-state index contributed by atoms with van der Waals surface area (Å²) in [6.45, 7) is 1.15. The summed E-state index contributed by atoms with van der Waals surface area (Å²) < 4.78 is 14.0. The Balaban J connectivity index is 1.43. The molecule has 0 saturated carbocycles. The molecule has 1 aliphatic rings. The van der Waals surface area contributed by atoms with E-state index in [1.807, 2.05) is 30.3 Å². The van der Waals surface area contributed by atoms with E-state index < -0.39 is 5.82 Å². The van der Waals surface area contributed by atoms with E-state index in [1.54, 1.807) is 17.0 Å². The highest BCUT2D eigenvalue weighted by molar-refractivity contribution is 5.96. The highest BCUT2D eigenvalue weighted by Gasteiger charge is 2.29. The molecule has 7 heteroatoms. The van der Waals surface area contributed by atoms with Crippen LogP contribution in [0.2, 0.25) is 0 Å². The molecule has 2 amide bonds. The molecule has 148 valence electrons. The van der Waals surface area contributed by atoms with Crippen molar-refractivity contribution in [1.29, 1.82) is 0 Å². The molecular formula is C22H21FN4O2. The van der Waals surface area contributed by atoms with Crippen LogP contribution in [0.25, 0.3) is 0 Å². The molecule has 0 saturated heterocycles. The van der Waals surface area contributed by atoms with Gasteiger partial charge in [0.05, 0.1) is 12.1 Å². The Morgan fingerprint density at radius 1 is 1.10 bits per heavy atom. The van der Waals surface area contributed by atoms with Gasteiger partial charge in [-0.3, -0.25) is 14.7 Å². The third-order valence-electron chi connectivity index (χ3n) is 5.08. The van der Waals surface area contributed by atoms with E-state index in [1.165, 1.54) is 12.1 Å². The lowest BCUT2D eigenvalue weighted by molar-refractivity contribution is 0.0726. The van der Waals surface area contributed by atoms with Crippen molar-refractivity contribution in [3.63, 3.8) is 0 Å². The van der Waals surface area contributed by atoms with Gasteiger partial charge in [-0.2, -0.15) is 5.10 Å². The number of aromatic amines is 1. The minimum absolute atomic E-state index is 0.0355. The highest BCUT2D eigenvalue weighted by atomic mass is 19.1. The summed E-state index contributed by atoms with van der Waals surface area (Å²) in [5.41, 5.74) is 3.00. The number of halogens is 1. The van der Waals surface area contributed by atoms with Gasteiger partial charge in [-0.25, -0.2) is 4.39 Å². The van der Waals surface area contributed by atoms with Crippen molar-refractivity contribution >= 4 is 11.8 Å². The van der Waals surface area contributed by atoms with E-state index >= 15 is 0 Å². The second-order valence-electron chi connectivity index (χ2n) is 6.98. The van der Waals surface area contributed by atoms with E-state index in [4.69, 9.17) is 0 Å². The fourth-order valence-corrected chi connectivity index (χ4v) is 3.51. The Labute approximate surface area is 167 Å². The molecule has 2 aromatic carbocycles. The van der Waals surface area contributed by atoms with Crippen molar-refractivity contribution in [2.24, 2.45) is 0 Å². The largest absolute Gasteiger partial charge is 0.350 e. The van der Waals surface area contributed by atoms with Crippen LogP contribution < -0.4 is 5.32 Å². The number of carbonyl (C=O) groups is 2. The van der Waals surface area contributed by atoms with Crippen LogP contribution in [0.3, 0.4) is 0 Å². The van der Waals surface area contributed by atoms with Gasteiger partial charge in [0.2, 0.25) is 0 Å². The van der Waals surface area contributed by atoms with Crippen molar-refractivity contribution in [2.75, 3.05) is 13.1 Å². The van der Waals surface area contributed by atoms with E-state index in [0.717, 1.165) is 17.7 Å². The smallest absolute Gasteiger partial charge is 0.272 e. The summed E-state index contributed by atoms with van der Waals surface area (Å²) in [5, 5.41) is 9.95. The topological polar surface area (TPSA) is 78.1 Å². The lowest BCUT2D eigenvalue weighted by atomic mass is 10.0. The Morgan fingerprint density at radius 2 is 1.86 bits per heavy atom. The van der Waals surface area contributed by atoms with Gasteiger partial charge in [-0.15, -0.1) is 0 Å². The maximum Gasteiger partial charge on any atom is 0.272 e. The third-order valence-corrected chi connectivity index (χ3v) is 5.08. The Hall–Kier alpha value is -3.48. The Kier molecular flexibility index (Phi) is 5.37. The number of hydrogen-bond acceptors (Lipinski definition) is 3. The van der Waals surface area contributed by atoms with Crippen LogP contribution in [0, 0.1) is 5.82 Å². The fraction of sp³-hybridized carbons (Fsp3) is 0.227. The SMILES string of the molecule is O=C(NCCc1ccccc1)c1n[nH]c2c1CN(C(=O)c1ccccc1F)CC2. The first-order chi connectivity index (χ1) is 14.1. The fourth-order valence-electron chi connectivity index (χ4n) is 3.51. The second-order valence-corrected chi connectivity index (χ2v) is 6.98. The Bertz CT molecular complexity index is 1030. The predicted molar refractivity (Wildman–Crippen MR) is 106 cm³/mol. The molecule has 0 spiro atoms. The molecule has 2 heterocycles. The summed E-state index contributed by atoms with van der Waals surface area (Å²) in [7, 11) is 0. The molecule has 0 aliphatic carbocycles. The van der Waals surface area contributed by atoms with Crippen LogP contribution in [0.1, 0.15) is 37.7 Å². The van der Waals surface area contributed by atoms with Gasteiger partial charge in [0.25, 0.3) is 11.8 Å². The number of benzene rings is 2. The quantitative estimate of drug-likeness (QED) is 0.701. The summed E-state index contributed by atoms with van der Waals surface area (Å²) in [4.78, 5) is 26.9. The van der Waals surface area contributed by atoms with Crippen molar-refractivity contribution in [3.8, 4) is 0 Å². The van der Waals surface area contributed by atoms with Crippen molar-refractivity contribution in [2.45, 2.75) is 19.4 Å². The van der Waals surface area contributed by atoms with E-state index in [-0.39, 0.29) is 23.9 Å². The highest BCUT2D eigenvalue weighted by Crippen LogP contribution is 2.22. The molecular weight excluding hydrogens is 371 g/mol. The van der Waals surface area contributed by atoms with Gasteiger partial charge in [-0.1, -0.05) is 42.5 Å². The molecule has 2 N–H and O–H groups in total. The van der Waals surface area contributed by atoms with Gasteiger partial charge in [-0.05, 0) is 24.1 Å². The van der Waals surface area contributed by atoms with Gasteiger partial charge in [0.15, 0.2) is 5.69 Å². The van der Waals surface area contributed by atoms with Crippen LogP contribution in [0.5, 0.6) is 0 Å². The summed E-state index contributed by atoms with van der Waals surface area (Å²) in [6.07, 6.45) is 1.26. The summed E-state index contributed by atoms with van der Waals surface area (Å²) >= 11 is 0.